The second-order valence-corrected chi connectivity index (χ2v) is 22.7. The predicted octanol–water partition coefficient (Wildman–Crippen LogP) is 7.70. The van der Waals surface area contributed by atoms with Crippen molar-refractivity contribution in [3.63, 3.8) is 0 Å². The first-order valence-corrected chi connectivity index (χ1v) is 18.5. The van der Waals surface area contributed by atoms with Crippen LogP contribution in [-0.2, 0) is 21.4 Å². The molecule has 2 unspecified atom stereocenters. The van der Waals surface area contributed by atoms with E-state index in [0.717, 1.165) is 11.8 Å². The van der Waals surface area contributed by atoms with Crippen molar-refractivity contribution < 1.29 is 4.12 Å². The lowest BCUT2D eigenvalue weighted by Crippen LogP contribution is -2.84. The highest BCUT2D eigenvalue weighted by Crippen LogP contribution is 2.83. The highest BCUT2D eigenvalue weighted by Gasteiger charge is 2.83. The maximum absolute atomic E-state index is 7.02. The lowest BCUT2D eigenvalue weighted by atomic mass is 9.46. The van der Waals surface area contributed by atoms with E-state index in [9.17, 15) is 0 Å². The third kappa shape index (κ3) is 2.37. The fourth-order valence-electron chi connectivity index (χ4n) is 10.1. The molecule has 1 aromatic carbocycles. The van der Waals surface area contributed by atoms with E-state index < -0.39 is 16.6 Å². The van der Waals surface area contributed by atoms with Crippen LogP contribution < -0.4 is 0 Å². The molecule has 167 valence electrons. The predicted molar refractivity (Wildman–Crippen MR) is 136 cm³/mol. The Balaban J connectivity index is 1.66. The van der Waals surface area contributed by atoms with E-state index in [0.29, 0.717) is 10.1 Å². The number of allylic oxidation sites excluding steroid dienone is 1. The van der Waals surface area contributed by atoms with Crippen molar-refractivity contribution >= 4 is 22.7 Å². The molecule has 31 heavy (non-hydrogen) atoms. The smallest absolute Gasteiger partial charge is 0.180 e. The van der Waals surface area contributed by atoms with E-state index in [1.54, 1.807) is 22.3 Å². The summed E-state index contributed by atoms with van der Waals surface area (Å²) in [7, 11) is -3.60. The van der Waals surface area contributed by atoms with E-state index in [4.69, 9.17) is 4.12 Å². The van der Waals surface area contributed by atoms with Gasteiger partial charge in [-0.15, -0.1) is 0 Å². The summed E-state index contributed by atoms with van der Waals surface area (Å²) in [4.78, 5) is 0. The zero-order chi connectivity index (χ0) is 22.2. The molecule has 2 atom stereocenters. The van der Waals surface area contributed by atoms with Gasteiger partial charge in [0.2, 0.25) is 0 Å². The lowest BCUT2D eigenvalue weighted by molar-refractivity contribution is 0.0209. The van der Waals surface area contributed by atoms with Crippen LogP contribution in [0.3, 0.4) is 0 Å². The summed E-state index contributed by atoms with van der Waals surface area (Å²) in [6, 6.07) is 5.24. The Morgan fingerprint density at radius 2 is 1.58 bits per heavy atom. The Labute approximate surface area is 192 Å². The van der Waals surface area contributed by atoms with Gasteiger partial charge in [-0.2, -0.15) is 0 Å². The van der Waals surface area contributed by atoms with E-state index in [1.165, 1.54) is 44.1 Å². The quantitative estimate of drug-likeness (QED) is 0.399. The summed E-state index contributed by atoms with van der Waals surface area (Å²) < 4.78 is 7.45. The average Bonchev–Trinajstić information content (AvgIpc) is 2.97. The molecule has 5 aliphatic carbocycles. The van der Waals surface area contributed by atoms with Gasteiger partial charge in [0.25, 0.3) is 0 Å². The molecule has 4 bridgehead atoms. The Morgan fingerprint density at radius 3 is 2.13 bits per heavy atom. The maximum Gasteiger partial charge on any atom is 0.180 e. The van der Waals surface area contributed by atoms with Crippen molar-refractivity contribution in [2.24, 2.45) is 11.8 Å². The van der Waals surface area contributed by atoms with Crippen molar-refractivity contribution in [3.8, 4) is 0 Å². The van der Waals surface area contributed by atoms with Crippen LogP contribution in [0.5, 0.6) is 0 Å². The first kappa shape index (κ1) is 20.9. The van der Waals surface area contributed by atoms with Crippen LogP contribution in [0.25, 0.3) is 6.08 Å². The van der Waals surface area contributed by atoms with Gasteiger partial charge >= 0.3 is 0 Å². The van der Waals surface area contributed by atoms with E-state index >= 15 is 0 Å². The Hall–Kier alpha value is -0.646. The topological polar surface area (TPSA) is 9.23 Å². The SMILES string of the molecule is CC1=Cc2cc(C(C)(C)C)cc(C34CC5C[C](CC(C5)C3)C43[Si](C)(C)O[Si]3(C)C)c2C1. The van der Waals surface area contributed by atoms with Crippen molar-refractivity contribution in [2.75, 3.05) is 0 Å². The minimum atomic E-state index is -1.80. The molecule has 1 nitrogen and oxygen atoms in total. The molecule has 7 rings (SSSR count). The molecule has 0 N–H and O–H groups in total. The van der Waals surface area contributed by atoms with Crippen LogP contribution in [0.15, 0.2) is 17.7 Å². The van der Waals surface area contributed by atoms with Crippen LogP contribution >= 0.6 is 0 Å². The monoisotopic (exact) mass is 449 g/mol. The van der Waals surface area contributed by atoms with Gasteiger partial charge < -0.3 is 4.12 Å². The average molecular weight is 450 g/mol. The lowest BCUT2D eigenvalue weighted by Gasteiger charge is -2.80. The van der Waals surface area contributed by atoms with E-state index in [2.05, 4.69) is 72.1 Å². The van der Waals surface area contributed by atoms with Gasteiger partial charge in [-0.3, -0.25) is 0 Å². The van der Waals surface area contributed by atoms with Crippen LogP contribution in [0.4, 0.5) is 0 Å². The first-order valence-electron chi connectivity index (χ1n) is 12.7. The van der Waals surface area contributed by atoms with Gasteiger partial charge in [0.05, 0.1) is 0 Å². The van der Waals surface area contributed by atoms with Crippen LogP contribution in [0, 0.1) is 17.8 Å². The maximum atomic E-state index is 7.02. The highest BCUT2D eigenvalue weighted by atomic mass is 28.5. The third-order valence-corrected chi connectivity index (χ3v) is 23.1. The molecule has 6 aliphatic rings. The summed E-state index contributed by atoms with van der Waals surface area (Å²) >= 11 is 0. The fourth-order valence-corrected chi connectivity index (χ4v) is 27.0. The minimum Gasteiger partial charge on any atom is -0.455 e. The molecular formula is C28H41OSi2. The molecule has 5 fully saturated rings. The Kier molecular flexibility index (Phi) is 3.97. The Morgan fingerprint density at radius 1 is 0.968 bits per heavy atom. The molecular weight excluding hydrogens is 408 g/mol. The van der Waals surface area contributed by atoms with Crippen molar-refractivity contribution in [1.29, 1.82) is 0 Å². The summed E-state index contributed by atoms with van der Waals surface area (Å²) in [5.41, 5.74) is 8.63. The van der Waals surface area contributed by atoms with Gasteiger partial charge in [0.15, 0.2) is 16.6 Å². The second kappa shape index (κ2) is 5.88. The number of rotatable bonds is 1. The van der Waals surface area contributed by atoms with E-state index in [1.807, 2.05) is 5.92 Å². The van der Waals surface area contributed by atoms with Crippen molar-refractivity contribution in [3.05, 3.63) is 45.9 Å². The number of fused-ring (bicyclic) bond motifs is 1. The van der Waals surface area contributed by atoms with Gasteiger partial charge in [0, 0.05) is 10.1 Å². The first-order chi connectivity index (χ1) is 14.3. The largest absolute Gasteiger partial charge is 0.455 e. The van der Waals surface area contributed by atoms with Gasteiger partial charge in [0.1, 0.15) is 0 Å². The van der Waals surface area contributed by atoms with Crippen LogP contribution in [0.1, 0.15) is 82.1 Å². The molecule has 1 spiro atoms. The van der Waals surface area contributed by atoms with Gasteiger partial charge in [-0.25, -0.2) is 0 Å². The standard InChI is InChI=1S/C28H41OSi2/c1-18-9-21-14-22(26(2,3)4)15-25(24(21)10-18)27-16-19-11-20(17-27)13-23(12-19)28(27)30(5,6)29-31(28,7)8/h9,14-15,19-20H,10-13,16-17H2,1-8H3. The zero-order valence-corrected chi connectivity index (χ0v) is 23.0. The number of benzene rings is 1. The second-order valence-electron chi connectivity index (χ2n) is 13.9. The molecule has 1 radical (unpaired) electrons. The Bertz CT molecular complexity index is 981. The third-order valence-electron chi connectivity index (χ3n) is 10.1. The zero-order valence-electron chi connectivity index (χ0n) is 21.0. The van der Waals surface area contributed by atoms with Gasteiger partial charge in [-0.1, -0.05) is 44.6 Å². The summed E-state index contributed by atoms with van der Waals surface area (Å²) in [6.07, 6.45) is 10.9. The fraction of sp³-hybridized carbons (Fsp3) is 0.679. The van der Waals surface area contributed by atoms with E-state index in [-0.39, 0.29) is 5.41 Å². The molecule has 1 aliphatic heterocycles. The summed E-state index contributed by atoms with van der Waals surface area (Å²) in [6.45, 7) is 19.9. The summed E-state index contributed by atoms with van der Waals surface area (Å²) in [5.74, 6) is 3.84. The number of hydrogen-bond acceptors (Lipinski definition) is 1. The number of hydrogen-bond donors (Lipinski definition) is 0. The highest BCUT2D eigenvalue weighted by molar-refractivity contribution is 7.07. The molecule has 3 heteroatoms. The minimum absolute atomic E-state index is 0.187. The van der Waals surface area contributed by atoms with Crippen molar-refractivity contribution in [2.45, 2.75) is 108 Å². The molecule has 1 aromatic rings. The summed E-state index contributed by atoms with van der Waals surface area (Å²) in [5, 5.41) is 0. The van der Waals surface area contributed by atoms with Gasteiger partial charge in [-0.05, 0) is 117 Å². The normalized spacial score (nSPS) is 36.5. The molecule has 1 saturated heterocycles. The van der Waals surface area contributed by atoms with Crippen LogP contribution in [-0.4, -0.2) is 16.6 Å². The molecule has 4 saturated carbocycles. The molecule has 0 amide bonds. The molecule has 0 aromatic heterocycles. The molecule has 1 heterocycles. The van der Waals surface area contributed by atoms with Crippen LogP contribution in [0.2, 0.25) is 30.8 Å². The van der Waals surface area contributed by atoms with Crippen molar-refractivity contribution in [1.82, 2.24) is 0 Å².